The fourth-order valence-corrected chi connectivity index (χ4v) is 0.948. The van der Waals surface area contributed by atoms with Gasteiger partial charge >= 0.3 is 12.0 Å². The number of nitrogens with one attached hydrogen (secondary N) is 2. The van der Waals surface area contributed by atoms with Crippen molar-refractivity contribution in [1.82, 2.24) is 15.6 Å². The summed E-state index contributed by atoms with van der Waals surface area (Å²) in [4.78, 5) is 25.5. The van der Waals surface area contributed by atoms with Gasteiger partial charge in [-0.05, 0) is 13.8 Å². The van der Waals surface area contributed by atoms with Crippen LogP contribution in [0, 0.1) is 6.92 Å². The number of amides is 2. The van der Waals surface area contributed by atoms with Gasteiger partial charge in [-0.1, -0.05) is 0 Å². The molecule has 1 aromatic rings. The average Bonchev–Trinajstić information content (AvgIpc) is 2.61. The minimum atomic E-state index is -1.10. The van der Waals surface area contributed by atoms with Crippen LogP contribution in [0.2, 0.25) is 0 Å². The molecule has 7 nitrogen and oxygen atoms in total. The zero-order valence-corrected chi connectivity index (χ0v) is 8.98. The molecule has 3 N–H and O–H groups in total. The van der Waals surface area contributed by atoms with Crippen molar-refractivity contribution < 1.29 is 19.1 Å². The highest BCUT2D eigenvalue weighted by Gasteiger charge is 2.13. The van der Waals surface area contributed by atoms with Crippen molar-refractivity contribution in [3.05, 3.63) is 17.8 Å². The van der Waals surface area contributed by atoms with Crippen molar-refractivity contribution >= 4 is 12.0 Å². The zero-order valence-electron chi connectivity index (χ0n) is 8.98. The standard InChI is InChI=1S/C9H13N3O4/c1-5-3-10-7(16-5)4-11-9(15)12-6(2)8(13)14/h3,6H,4H2,1-2H3,(H,13,14)(H2,11,12,15). The lowest BCUT2D eigenvalue weighted by Gasteiger charge is -2.09. The molecule has 0 saturated heterocycles. The van der Waals surface area contributed by atoms with Crippen LogP contribution in [0.15, 0.2) is 10.6 Å². The molecule has 1 atom stereocenters. The van der Waals surface area contributed by atoms with E-state index in [0.717, 1.165) is 0 Å². The summed E-state index contributed by atoms with van der Waals surface area (Å²) < 4.78 is 5.12. The van der Waals surface area contributed by atoms with Gasteiger partial charge in [0.2, 0.25) is 5.89 Å². The van der Waals surface area contributed by atoms with E-state index in [-0.39, 0.29) is 6.54 Å². The number of carboxylic acid groups (broad SMARTS) is 1. The number of rotatable bonds is 4. The third kappa shape index (κ3) is 3.60. The number of nitrogens with zero attached hydrogens (tertiary/aromatic N) is 1. The molecule has 1 aromatic heterocycles. The topological polar surface area (TPSA) is 104 Å². The van der Waals surface area contributed by atoms with Gasteiger partial charge in [-0.3, -0.25) is 4.79 Å². The van der Waals surface area contributed by atoms with Crippen molar-refractivity contribution in [1.29, 1.82) is 0 Å². The van der Waals surface area contributed by atoms with E-state index in [2.05, 4.69) is 15.6 Å². The van der Waals surface area contributed by atoms with Crippen LogP contribution in [0.4, 0.5) is 4.79 Å². The molecule has 0 aliphatic rings. The van der Waals surface area contributed by atoms with Crippen LogP contribution in [0.25, 0.3) is 0 Å². The number of hydrogen-bond donors (Lipinski definition) is 3. The SMILES string of the molecule is Cc1cnc(CNC(=O)NC(C)C(=O)O)o1. The highest BCUT2D eigenvalue weighted by Crippen LogP contribution is 2.00. The van der Waals surface area contributed by atoms with Crippen molar-refractivity contribution in [3.8, 4) is 0 Å². The fourth-order valence-electron chi connectivity index (χ4n) is 0.948. The molecule has 1 unspecified atom stereocenters. The highest BCUT2D eigenvalue weighted by molar-refractivity contribution is 5.81. The Bertz CT molecular complexity index is 388. The Labute approximate surface area is 91.9 Å². The first-order valence-corrected chi connectivity index (χ1v) is 4.67. The molecule has 0 aliphatic heterocycles. The second-order valence-electron chi connectivity index (χ2n) is 3.25. The molecule has 88 valence electrons. The molecule has 2 amide bonds. The van der Waals surface area contributed by atoms with Crippen molar-refractivity contribution in [3.63, 3.8) is 0 Å². The smallest absolute Gasteiger partial charge is 0.325 e. The van der Waals surface area contributed by atoms with E-state index in [1.54, 1.807) is 6.92 Å². The van der Waals surface area contributed by atoms with Gasteiger partial charge < -0.3 is 20.2 Å². The maximum atomic E-state index is 11.2. The monoisotopic (exact) mass is 227 g/mol. The second-order valence-corrected chi connectivity index (χ2v) is 3.25. The third-order valence-electron chi connectivity index (χ3n) is 1.79. The van der Waals surface area contributed by atoms with Gasteiger partial charge in [0.15, 0.2) is 0 Å². The molecule has 0 radical (unpaired) electrons. The minimum absolute atomic E-state index is 0.117. The number of hydrogen-bond acceptors (Lipinski definition) is 4. The summed E-state index contributed by atoms with van der Waals surface area (Å²) in [5.74, 6) is -0.0751. The van der Waals surface area contributed by atoms with E-state index in [9.17, 15) is 9.59 Å². The number of carbonyl (C=O) groups is 2. The molecular formula is C9H13N3O4. The van der Waals surface area contributed by atoms with Gasteiger partial charge in [0.25, 0.3) is 0 Å². The van der Waals surface area contributed by atoms with E-state index in [4.69, 9.17) is 9.52 Å². The summed E-state index contributed by atoms with van der Waals surface area (Å²) in [5, 5.41) is 13.2. The number of oxazole rings is 1. The molecule has 1 rings (SSSR count). The quantitative estimate of drug-likeness (QED) is 0.684. The number of aromatic nitrogens is 1. The maximum absolute atomic E-state index is 11.2. The van der Waals surface area contributed by atoms with Gasteiger partial charge in [0.1, 0.15) is 11.8 Å². The second kappa shape index (κ2) is 5.15. The van der Waals surface area contributed by atoms with Crippen LogP contribution in [0.3, 0.4) is 0 Å². The molecule has 16 heavy (non-hydrogen) atoms. The summed E-state index contributed by atoms with van der Waals surface area (Å²) in [6.45, 7) is 3.23. The maximum Gasteiger partial charge on any atom is 0.325 e. The van der Waals surface area contributed by atoms with E-state index in [1.165, 1.54) is 13.1 Å². The Hall–Kier alpha value is -2.05. The third-order valence-corrected chi connectivity index (χ3v) is 1.79. The molecule has 7 heteroatoms. The first-order chi connectivity index (χ1) is 7.49. The Morgan fingerprint density at radius 3 is 2.81 bits per heavy atom. The van der Waals surface area contributed by atoms with Crippen molar-refractivity contribution in [2.45, 2.75) is 26.4 Å². The number of carboxylic acids is 1. The molecule has 1 heterocycles. The minimum Gasteiger partial charge on any atom is -0.480 e. The van der Waals surface area contributed by atoms with Gasteiger partial charge in [0.05, 0.1) is 12.7 Å². The lowest BCUT2D eigenvalue weighted by atomic mass is 10.3. The molecule has 0 saturated carbocycles. The lowest BCUT2D eigenvalue weighted by Crippen LogP contribution is -2.44. The van der Waals surface area contributed by atoms with Gasteiger partial charge in [-0.2, -0.15) is 0 Å². The van der Waals surface area contributed by atoms with E-state index in [0.29, 0.717) is 11.7 Å². The number of aryl methyl sites for hydroxylation is 1. The van der Waals surface area contributed by atoms with E-state index >= 15 is 0 Å². The summed E-state index contributed by atoms with van der Waals surface area (Å²) in [7, 11) is 0. The average molecular weight is 227 g/mol. The van der Waals surface area contributed by atoms with Gasteiger partial charge in [0, 0.05) is 0 Å². The number of urea groups is 1. The van der Waals surface area contributed by atoms with E-state index < -0.39 is 18.0 Å². The number of carbonyl (C=O) groups excluding carboxylic acids is 1. The number of aliphatic carboxylic acids is 1. The van der Waals surface area contributed by atoms with Gasteiger partial charge in [-0.15, -0.1) is 0 Å². The van der Waals surface area contributed by atoms with Crippen LogP contribution in [-0.2, 0) is 11.3 Å². The molecule has 0 spiro atoms. The molecule has 0 fully saturated rings. The zero-order chi connectivity index (χ0) is 12.1. The van der Waals surface area contributed by atoms with Crippen LogP contribution in [0.5, 0.6) is 0 Å². The predicted molar refractivity (Wildman–Crippen MR) is 53.7 cm³/mol. The van der Waals surface area contributed by atoms with Crippen LogP contribution < -0.4 is 10.6 Å². The summed E-state index contributed by atoms with van der Waals surface area (Å²) >= 11 is 0. The van der Waals surface area contributed by atoms with Crippen LogP contribution in [-0.4, -0.2) is 28.1 Å². The van der Waals surface area contributed by atoms with E-state index in [1.807, 2.05) is 0 Å². The summed E-state index contributed by atoms with van der Waals surface area (Å²) in [6, 6.07) is -1.52. The lowest BCUT2D eigenvalue weighted by molar-refractivity contribution is -0.138. The summed E-state index contributed by atoms with van der Waals surface area (Å²) in [6.07, 6.45) is 1.54. The Morgan fingerprint density at radius 1 is 1.62 bits per heavy atom. The summed E-state index contributed by atoms with van der Waals surface area (Å²) in [5.41, 5.74) is 0. The fraction of sp³-hybridized carbons (Fsp3) is 0.444. The Balaban J connectivity index is 2.33. The Kier molecular flexibility index (Phi) is 3.87. The first-order valence-electron chi connectivity index (χ1n) is 4.67. The van der Waals surface area contributed by atoms with Crippen molar-refractivity contribution in [2.75, 3.05) is 0 Å². The molecule has 0 bridgehead atoms. The molecule has 0 aromatic carbocycles. The van der Waals surface area contributed by atoms with Crippen LogP contribution >= 0.6 is 0 Å². The largest absolute Gasteiger partial charge is 0.480 e. The molecule has 0 aliphatic carbocycles. The Morgan fingerprint density at radius 2 is 2.31 bits per heavy atom. The van der Waals surface area contributed by atoms with Gasteiger partial charge in [-0.25, -0.2) is 9.78 Å². The normalized spacial score (nSPS) is 11.9. The predicted octanol–water partition coefficient (Wildman–Crippen LogP) is 0.255. The first kappa shape index (κ1) is 12.0. The van der Waals surface area contributed by atoms with Crippen LogP contribution in [0.1, 0.15) is 18.6 Å². The van der Waals surface area contributed by atoms with Crippen molar-refractivity contribution in [2.24, 2.45) is 0 Å². The highest BCUT2D eigenvalue weighted by atomic mass is 16.4. The molecular weight excluding hydrogens is 214 g/mol.